The second-order valence-electron chi connectivity index (χ2n) is 10.2. The Bertz CT molecular complexity index is 1830. The minimum absolute atomic E-state index is 0.0398. The Morgan fingerprint density at radius 1 is 0.932 bits per heavy atom. The Kier molecular flexibility index (Phi) is 9.01. The molecule has 1 aliphatic heterocycles. The van der Waals surface area contributed by atoms with Gasteiger partial charge >= 0.3 is 7.75 Å². The van der Waals surface area contributed by atoms with Gasteiger partial charge in [-0.2, -0.15) is 0 Å². The van der Waals surface area contributed by atoms with Crippen molar-refractivity contribution in [3.8, 4) is 11.5 Å². The van der Waals surface area contributed by atoms with Gasteiger partial charge in [0.1, 0.15) is 17.3 Å². The van der Waals surface area contributed by atoms with Gasteiger partial charge in [-0.15, -0.1) is 22.7 Å². The van der Waals surface area contributed by atoms with E-state index in [1.807, 2.05) is 65.6 Å². The van der Waals surface area contributed by atoms with E-state index in [4.69, 9.17) is 25.4 Å². The van der Waals surface area contributed by atoms with Crippen molar-refractivity contribution in [2.24, 2.45) is 4.76 Å². The maximum atomic E-state index is 14.6. The van der Waals surface area contributed by atoms with Crippen molar-refractivity contribution < 1.29 is 18.7 Å². The maximum Gasteiger partial charge on any atom is 0.564 e. The maximum absolute atomic E-state index is 14.6. The van der Waals surface area contributed by atoms with E-state index in [-0.39, 0.29) is 12.6 Å². The number of halogens is 1. The molecule has 0 fully saturated rings. The lowest BCUT2D eigenvalue weighted by Crippen LogP contribution is -2.40. The molecule has 1 aromatic heterocycles. The first-order chi connectivity index (χ1) is 21.4. The van der Waals surface area contributed by atoms with E-state index in [9.17, 15) is 9.67 Å². The molecule has 0 amide bonds. The lowest BCUT2D eigenvalue weighted by molar-refractivity contribution is 0.282. The van der Waals surface area contributed by atoms with Gasteiger partial charge in [0.05, 0.1) is 24.2 Å². The summed E-state index contributed by atoms with van der Waals surface area (Å²) in [5.41, 5.74) is 2.75. The van der Waals surface area contributed by atoms with Crippen LogP contribution in [0.3, 0.4) is 0 Å². The lowest BCUT2D eigenvalue weighted by atomic mass is 9.94. The molecule has 0 bridgehead atoms. The van der Waals surface area contributed by atoms with Crippen molar-refractivity contribution in [2.75, 3.05) is 0 Å². The predicted molar refractivity (Wildman–Crippen MR) is 181 cm³/mol. The van der Waals surface area contributed by atoms with Crippen LogP contribution in [0.2, 0.25) is 5.02 Å². The monoisotopic (exact) mass is 640 g/mol. The second kappa shape index (κ2) is 13.2. The summed E-state index contributed by atoms with van der Waals surface area (Å²) in [5, 5.41) is 11.2. The average molecular weight is 641 g/mol. The molecular formula is C35H30ClN2O4PS. The zero-order valence-corrected chi connectivity index (χ0v) is 26.2. The van der Waals surface area contributed by atoms with Crippen LogP contribution in [-0.2, 0) is 17.7 Å². The van der Waals surface area contributed by atoms with Crippen molar-refractivity contribution in [3.05, 3.63) is 149 Å². The fourth-order valence-corrected chi connectivity index (χ4v) is 7.91. The summed E-state index contributed by atoms with van der Waals surface area (Å²) in [6.45, 7) is 4.50. The van der Waals surface area contributed by atoms with Gasteiger partial charge in [0.25, 0.3) is 0 Å². The number of aliphatic hydroxyl groups is 1. The van der Waals surface area contributed by atoms with Crippen LogP contribution in [0.4, 0.5) is 0 Å². The predicted octanol–water partition coefficient (Wildman–Crippen LogP) is 9.56. The number of hydrogen-bond donors (Lipinski definition) is 1. The summed E-state index contributed by atoms with van der Waals surface area (Å²) in [6.07, 6.45) is 4.31. The topological polar surface area (TPSA) is 71.4 Å². The van der Waals surface area contributed by atoms with Gasteiger partial charge < -0.3 is 19.1 Å². The Morgan fingerprint density at radius 2 is 1.55 bits per heavy atom. The zero-order chi connectivity index (χ0) is 30.5. The number of para-hydroxylation sites is 2. The Morgan fingerprint density at radius 3 is 2.14 bits per heavy atom. The first-order valence-electron chi connectivity index (χ1n) is 14.1. The standard InChI is InChI=1S/C35H30ClN2O4PS/c1-2-28-21-27(26-19-17-25(24-39)18-20-26)22-34(38(28)23-33-35(36)31-15-9-10-16-32(31)44-33)37-43(40,41-29-11-5-3-6-12-29)42-30-13-7-4-8-14-30/h2-21,28,39H,1,22-24H2/b37-34-. The van der Waals surface area contributed by atoms with E-state index < -0.39 is 7.75 Å². The molecule has 222 valence electrons. The van der Waals surface area contributed by atoms with E-state index in [2.05, 4.69) is 18.7 Å². The van der Waals surface area contributed by atoms with Gasteiger partial charge in [0.15, 0.2) is 0 Å². The van der Waals surface area contributed by atoms with Gasteiger partial charge in [-0.1, -0.05) is 103 Å². The molecule has 0 aliphatic carbocycles. The van der Waals surface area contributed by atoms with Crippen LogP contribution < -0.4 is 9.05 Å². The summed E-state index contributed by atoms with van der Waals surface area (Å²) in [4.78, 5) is 3.00. The van der Waals surface area contributed by atoms with Crippen molar-refractivity contribution in [1.29, 1.82) is 0 Å². The molecule has 1 N–H and O–H groups in total. The number of nitrogens with zero attached hydrogens (tertiary/aromatic N) is 2. The van der Waals surface area contributed by atoms with Gasteiger partial charge in [-0.05, 0) is 47.0 Å². The average Bonchev–Trinajstić information content (AvgIpc) is 3.37. The SMILES string of the molecule is C=CC1C=C(c2ccc(CO)cc2)C/C(=N/P(=O)(Oc2ccccc2)Oc2ccccc2)N1Cc1sc2ccccc2c1Cl. The third kappa shape index (κ3) is 6.67. The number of aliphatic hydroxyl groups excluding tert-OH is 1. The molecule has 0 saturated carbocycles. The number of benzene rings is 4. The van der Waals surface area contributed by atoms with Gasteiger partial charge in [-0.3, -0.25) is 0 Å². The van der Waals surface area contributed by atoms with Crippen LogP contribution in [0.5, 0.6) is 11.5 Å². The molecule has 1 unspecified atom stereocenters. The molecule has 2 heterocycles. The molecule has 0 spiro atoms. The largest absolute Gasteiger partial charge is 0.564 e. The molecule has 44 heavy (non-hydrogen) atoms. The molecule has 0 saturated heterocycles. The number of fused-ring (bicyclic) bond motifs is 1. The highest BCUT2D eigenvalue weighted by Crippen LogP contribution is 2.51. The fraction of sp³-hybridized carbons (Fsp3) is 0.114. The minimum atomic E-state index is -4.16. The molecule has 4 aromatic carbocycles. The number of rotatable bonds is 10. The Labute approximate surface area is 265 Å². The number of amidine groups is 1. The quantitative estimate of drug-likeness (QED) is 0.122. The fourth-order valence-electron chi connectivity index (χ4n) is 5.06. The first kappa shape index (κ1) is 29.9. The summed E-state index contributed by atoms with van der Waals surface area (Å²) in [7, 11) is -4.16. The van der Waals surface area contributed by atoms with Crippen LogP contribution in [-0.4, -0.2) is 21.9 Å². The van der Waals surface area contributed by atoms with Gasteiger partial charge in [-0.25, -0.2) is 4.57 Å². The summed E-state index contributed by atoms with van der Waals surface area (Å²) >= 11 is 8.51. The third-order valence-corrected chi connectivity index (χ3v) is 10.3. The molecule has 5 aromatic rings. The zero-order valence-electron chi connectivity index (χ0n) is 23.8. The van der Waals surface area contributed by atoms with Crippen LogP contribution in [0.15, 0.2) is 133 Å². The molecule has 1 atom stereocenters. The highest BCUT2D eigenvalue weighted by atomic mass is 35.5. The molecule has 6 rings (SSSR count). The molecular weight excluding hydrogens is 611 g/mol. The smallest absolute Gasteiger partial charge is 0.399 e. The van der Waals surface area contributed by atoms with E-state index in [1.54, 1.807) is 59.9 Å². The third-order valence-electron chi connectivity index (χ3n) is 7.24. The Hall–Kier alpha value is -4.13. The first-order valence-corrected chi connectivity index (χ1v) is 16.8. The molecule has 0 radical (unpaired) electrons. The second-order valence-corrected chi connectivity index (χ2v) is 13.2. The van der Waals surface area contributed by atoms with Gasteiger partial charge in [0.2, 0.25) is 0 Å². The summed E-state index contributed by atoms with van der Waals surface area (Å²) in [5.74, 6) is 1.27. The summed E-state index contributed by atoms with van der Waals surface area (Å²) in [6, 6.07) is 33.2. The van der Waals surface area contributed by atoms with Crippen molar-refractivity contribution >= 4 is 52.2 Å². The van der Waals surface area contributed by atoms with Crippen molar-refractivity contribution in [3.63, 3.8) is 0 Å². The van der Waals surface area contributed by atoms with E-state index in [0.717, 1.165) is 31.7 Å². The van der Waals surface area contributed by atoms with E-state index in [1.165, 1.54) is 0 Å². The highest BCUT2D eigenvalue weighted by Gasteiger charge is 2.34. The normalized spacial score (nSPS) is 16.1. The van der Waals surface area contributed by atoms with Crippen LogP contribution in [0.25, 0.3) is 15.7 Å². The van der Waals surface area contributed by atoms with Crippen molar-refractivity contribution in [1.82, 2.24) is 4.90 Å². The number of hydrogen-bond acceptors (Lipinski definition) is 5. The lowest BCUT2D eigenvalue weighted by Gasteiger charge is -2.36. The molecule has 6 nitrogen and oxygen atoms in total. The van der Waals surface area contributed by atoms with Crippen molar-refractivity contribution in [2.45, 2.75) is 25.6 Å². The van der Waals surface area contributed by atoms with Gasteiger partial charge in [0, 0.05) is 21.4 Å². The molecule has 9 heteroatoms. The Balaban J connectivity index is 1.46. The summed E-state index contributed by atoms with van der Waals surface area (Å²) < 4.78 is 32.6. The molecule has 1 aliphatic rings. The minimum Gasteiger partial charge on any atom is -0.399 e. The van der Waals surface area contributed by atoms with Crippen LogP contribution in [0, 0.1) is 0 Å². The van der Waals surface area contributed by atoms with E-state index >= 15 is 0 Å². The van der Waals surface area contributed by atoms with Crippen LogP contribution >= 0.6 is 30.7 Å². The van der Waals surface area contributed by atoms with E-state index in [0.29, 0.717) is 35.3 Å². The number of thiophene rings is 1. The highest BCUT2D eigenvalue weighted by molar-refractivity contribution is 7.53. The van der Waals surface area contributed by atoms with Crippen LogP contribution in [0.1, 0.15) is 22.4 Å².